The van der Waals surface area contributed by atoms with Crippen molar-refractivity contribution < 1.29 is 9.47 Å². The third-order valence-corrected chi connectivity index (χ3v) is 2.41. The Bertz CT molecular complexity index is 140. The molecular formula is C13H29NO2. The minimum absolute atomic E-state index is 0.373. The van der Waals surface area contributed by atoms with Gasteiger partial charge in [0.25, 0.3) is 0 Å². The first-order valence-electron chi connectivity index (χ1n) is 6.48. The van der Waals surface area contributed by atoms with Gasteiger partial charge in [-0.25, -0.2) is 0 Å². The molecule has 0 aliphatic carbocycles. The normalized spacial score (nSPS) is 13.3. The van der Waals surface area contributed by atoms with Gasteiger partial charge in [-0.2, -0.15) is 0 Å². The van der Waals surface area contributed by atoms with Crippen molar-refractivity contribution in [2.24, 2.45) is 5.92 Å². The SMILES string of the molecule is COCCCOC(C)CCCNCC(C)C. The van der Waals surface area contributed by atoms with Crippen LogP contribution < -0.4 is 5.32 Å². The van der Waals surface area contributed by atoms with E-state index >= 15 is 0 Å². The molecular weight excluding hydrogens is 202 g/mol. The molecule has 1 unspecified atom stereocenters. The monoisotopic (exact) mass is 231 g/mol. The van der Waals surface area contributed by atoms with Gasteiger partial charge in [0.2, 0.25) is 0 Å². The van der Waals surface area contributed by atoms with E-state index in [-0.39, 0.29) is 0 Å². The molecule has 0 aromatic carbocycles. The van der Waals surface area contributed by atoms with Crippen LogP contribution in [0.2, 0.25) is 0 Å². The Hall–Kier alpha value is -0.120. The second-order valence-corrected chi connectivity index (χ2v) is 4.77. The predicted molar refractivity (Wildman–Crippen MR) is 68.8 cm³/mol. The third-order valence-electron chi connectivity index (χ3n) is 2.41. The summed E-state index contributed by atoms with van der Waals surface area (Å²) in [6, 6.07) is 0. The average molecular weight is 231 g/mol. The molecule has 0 fully saturated rings. The van der Waals surface area contributed by atoms with E-state index in [0.29, 0.717) is 6.10 Å². The largest absolute Gasteiger partial charge is 0.385 e. The molecule has 0 aliphatic rings. The maximum Gasteiger partial charge on any atom is 0.0547 e. The fourth-order valence-electron chi connectivity index (χ4n) is 1.48. The highest BCUT2D eigenvalue weighted by molar-refractivity contribution is 4.55. The summed E-state index contributed by atoms with van der Waals surface area (Å²) in [4.78, 5) is 0. The zero-order chi connectivity index (χ0) is 12.2. The number of ether oxygens (including phenoxy) is 2. The number of nitrogens with one attached hydrogen (secondary N) is 1. The van der Waals surface area contributed by atoms with E-state index in [1.54, 1.807) is 7.11 Å². The van der Waals surface area contributed by atoms with Crippen LogP contribution in [0.4, 0.5) is 0 Å². The highest BCUT2D eigenvalue weighted by Crippen LogP contribution is 2.01. The van der Waals surface area contributed by atoms with Crippen molar-refractivity contribution >= 4 is 0 Å². The standard InChI is InChI=1S/C13H29NO2/c1-12(2)11-14-8-5-7-13(3)16-10-6-9-15-4/h12-14H,5-11H2,1-4H3. The van der Waals surface area contributed by atoms with Crippen LogP contribution >= 0.6 is 0 Å². The number of rotatable bonds is 11. The lowest BCUT2D eigenvalue weighted by molar-refractivity contribution is 0.0446. The first-order chi connectivity index (χ1) is 7.66. The zero-order valence-electron chi connectivity index (χ0n) is 11.4. The number of hydrogen-bond acceptors (Lipinski definition) is 3. The summed E-state index contributed by atoms with van der Waals surface area (Å²) >= 11 is 0. The van der Waals surface area contributed by atoms with Crippen molar-refractivity contribution in [3.8, 4) is 0 Å². The molecule has 3 heteroatoms. The Morgan fingerprint density at radius 3 is 2.44 bits per heavy atom. The van der Waals surface area contributed by atoms with Crippen molar-refractivity contribution in [1.82, 2.24) is 5.32 Å². The molecule has 1 N–H and O–H groups in total. The van der Waals surface area contributed by atoms with Crippen molar-refractivity contribution in [1.29, 1.82) is 0 Å². The van der Waals surface area contributed by atoms with Crippen LogP contribution in [-0.4, -0.2) is 39.5 Å². The van der Waals surface area contributed by atoms with Gasteiger partial charge in [0.15, 0.2) is 0 Å². The highest BCUT2D eigenvalue weighted by Gasteiger charge is 2.01. The van der Waals surface area contributed by atoms with E-state index in [1.807, 2.05) is 0 Å². The number of methoxy groups -OCH3 is 1. The summed E-state index contributed by atoms with van der Waals surface area (Å²) < 4.78 is 10.6. The fraction of sp³-hybridized carbons (Fsp3) is 1.00. The molecule has 98 valence electrons. The summed E-state index contributed by atoms with van der Waals surface area (Å²) in [5, 5.41) is 3.44. The van der Waals surface area contributed by atoms with Gasteiger partial charge in [0, 0.05) is 20.3 Å². The van der Waals surface area contributed by atoms with Gasteiger partial charge < -0.3 is 14.8 Å². The molecule has 0 heterocycles. The highest BCUT2D eigenvalue weighted by atomic mass is 16.5. The minimum atomic E-state index is 0.373. The molecule has 1 atom stereocenters. The molecule has 0 aliphatic heterocycles. The lowest BCUT2D eigenvalue weighted by Gasteiger charge is -2.13. The van der Waals surface area contributed by atoms with Crippen molar-refractivity contribution in [2.75, 3.05) is 33.4 Å². The Balaban J connectivity index is 3.14. The first-order valence-corrected chi connectivity index (χ1v) is 6.48. The molecule has 0 spiro atoms. The van der Waals surface area contributed by atoms with Crippen molar-refractivity contribution in [3.63, 3.8) is 0 Å². The summed E-state index contributed by atoms with van der Waals surface area (Å²) in [7, 11) is 1.73. The second-order valence-electron chi connectivity index (χ2n) is 4.77. The Kier molecular flexibility index (Phi) is 11.3. The van der Waals surface area contributed by atoms with Crippen LogP contribution in [0.3, 0.4) is 0 Å². The quantitative estimate of drug-likeness (QED) is 0.554. The van der Waals surface area contributed by atoms with Gasteiger partial charge in [-0.3, -0.25) is 0 Å². The summed E-state index contributed by atoms with van der Waals surface area (Å²) in [6.45, 7) is 10.4. The van der Waals surface area contributed by atoms with Gasteiger partial charge in [-0.15, -0.1) is 0 Å². The van der Waals surface area contributed by atoms with E-state index < -0.39 is 0 Å². The second kappa shape index (κ2) is 11.4. The van der Waals surface area contributed by atoms with Gasteiger partial charge in [0.05, 0.1) is 6.10 Å². The molecule has 0 bridgehead atoms. The summed E-state index contributed by atoms with van der Waals surface area (Å²) in [5.41, 5.74) is 0. The van der Waals surface area contributed by atoms with Gasteiger partial charge in [0.1, 0.15) is 0 Å². The lowest BCUT2D eigenvalue weighted by atomic mass is 10.2. The molecule has 0 radical (unpaired) electrons. The Labute approximate surface area is 101 Å². The smallest absolute Gasteiger partial charge is 0.0547 e. The van der Waals surface area contributed by atoms with E-state index in [4.69, 9.17) is 9.47 Å². The van der Waals surface area contributed by atoms with Gasteiger partial charge in [-0.1, -0.05) is 13.8 Å². The minimum Gasteiger partial charge on any atom is -0.385 e. The fourth-order valence-corrected chi connectivity index (χ4v) is 1.48. The molecule has 0 aromatic heterocycles. The molecule has 0 rings (SSSR count). The lowest BCUT2D eigenvalue weighted by Crippen LogP contribution is -2.22. The maximum atomic E-state index is 5.66. The van der Waals surface area contributed by atoms with Crippen LogP contribution in [0.5, 0.6) is 0 Å². The van der Waals surface area contributed by atoms with Gasteiger partial charge >= 0.3 is 0 Å². The number of hydrogen-bond donors (Lipinski definition) is 1. The van der Waals surface area contributed by atoms with Crippen molar-refractivity contribution in [3.05, 3.63) is 0 Å². The Morgan fingerprint density at radius 2 is 1.81 bits per heavy atom. The molecule has 0 saturated heterocycles. The average Bonchev–Trinajstić information content (AvgIpc) is 2.23. The van der Waals surface area contributed by atoms with Gasteiger partial charge in [-0.05, 0) is 45.2 Å². The molecule has 0 aromatic rings. The molecule has 0 amide bonds. The summed E-state index contributed by atoms with van der Waals surface area (Å²) in [6.07, 6.45) is 3.69. The third kappa shape index (κ3) is 12.0. The van der Waals surface area contributed by atoms with E-state index in [9.17, 15) is 0 Å². The van der Waals surface area contributed by atoms with Crippen LogP contribution in [0, 0.1) is 5.92 Å². The van der Waals surface area contributed by atoms with Crippen LogP contribution in [-0.2, 0) is 9.47 Å². The van der Waals surface area contributed by atoms with Crippen molar-refractivity contribution in [2.45, 2.75) is 46.1 Å². The van der Waals surface area contributed by atoms with E-state index in [0.717, 1.165) is 45.1 Å². The summed E-state index contributed by atoms with van der Waals surface area (Å²) in [5.74, 6) is 0.739. The topological polar surface area (TPSA) is 30.5 Å². The van der Waals surface area contributed by atoms with E-state index in [2.05, 4.69) is 26.1 Å². The molecule has 16 heavy (non-hydrogen) atoms. The van der Waals surface area contributed by atoms with Crippen LogP contribution in [0.25, 0.3) is 0 Å². The molecule has 0 saturated carbocycles. The Morgan fingerprint density at radius 1 is 1.06 bits per heavy atom. The predicted octanol–water partition coefficient (Wildman–Crippen LogP) is 2.45. The van der Waals surface area contributed by atoms with Crippen LogP contribution in [0.1, 0.15) is 40.0 Å². The van der Waals surface area contributed by atoms with E-state index in [1.165, 1.54) is 6.42 Å². The molecule has 3 nitrogen and oxygen atoms in total. The van der Waals surface area contributed by atoms with Crippen LogP contribution in [0.15, 0.2) is 0 Å². The zero-order valence-corrected chi connectivity index (χ0v) is 11.4. The first kappa shape index (κ1) is 15.9. The maximum absolute atomic E-state index is 5.66.